The van der Waals surface area contributed by atoms with Gasteiger partial charge in [0.25, 0.3) is 0 Å². The van der Waals surface area contributed by atoms with Gasteiger partial charge in [0, 0.05) is 18.2 Å². The number of benzene rings is 1. The highest BCUT2D eigenvalue weighted by Gasteiger charge is 2.66. The topological polar surface area (TPSA) is 43.4 Å². The Kier molecular flexibility index (Phi) is 5.99. The average molecular weight is 381 g/mol. The smallest absolute Gasteiger partial charge is 0.309 e. The third kappa shape index (κ3) is 4.62. The summed E-state index contributed by atoms with van der Waals surface area (Å²) in [5, 5.41) is 0.0128. The lowest BCUT2D eigenvalue weighted by atomic mass is 10.1. The maximum Gasteiger partial charge on any atom is 0.309 e. The molecule has 1 aliphatic rings. The summed E-state index contributed by atoms with van der Waals surface area (Å²) in [5.74, 6) is -0.136. The Morgan fingerprint density at radius 3 is 2.28 bits per heavy atom. The van der Waals surface area contributed by atoms with Gasteiger partial charge in [0.1, 0.15) is 0 Å². The molecular weight excluding hydrogens is 348 g/mol. The van der Waals surface area contributed by atoms with E-state index >= 15 is 0 Å². The second-order valence-corrected chi connectivity index (χ2v) is 16.2. The van der Waals surface area contributed by atoms with Crippen molar-refractivity contribution in [3.8, 4) is 0 Å². The summed E-state index contributed by atoms with van der Waals surface area (Å²) in [6.07, 6.45) is 0. The van der Waals surface area contributed by atoms with Gasteiger partial charge in [-0.1, -0.05) is 51.2 Å². The van der Waals surface area contributed by atoms with Gasteiger partial charge in [0.2, 0.25) is 0 Å². The monoisotopic (exact) mass is 380 g/mol. The molecule has 0 heterocycles. The van der Waals surface area contributed by atoms with Crippen LogP contribution in [-0.2, 0) is 20.3 Å². The van der Waals surface area contributed by atoms with Crippen molar-refractivity contribution < 1.29 is 13.7 Å². The van der Waals surface area contributed by atoms with Gasteiger partial charge in [0.15, 0.2) is 0 Å². The summed E-state index contributed by atoms with van der Waals surface area (Å²) in [6, 6.07) is 8.92. The molecule has 0 N–H and O–H groups in total. The number of ether oxygens (including phenoxy) is 1. The third-order valence-corrected chi connectivity index (χ3v) is 8.90. The van der Waals surface area contributed by atoms with Gasteiger partial charge in [-0.3, -0.25) is 9.00 Å². The van der Waals surface area contributed by atoms with Crippen molar-refractivity contribution in [3.05, 3.63) is 29.8 Å². The normalized spacial score (nSPS) is 24.4. The Hall–Kier alpha value is -0.943. The molecule has 2 rings (SSSR count). The lowest BCUT2D eigenvalue weighted by Gasteiger charge is -2.25. The lowest BCUT2D eigenvalue weighted by molar-refractivity contribution is -0.145. The fraction of sp³-hybridized carbons (Fsp3) is 0.650. The molecule has 1 aromatic rings. The maximum atomic E-state index is 13.4. The Balaban J connectivity index is 2.32. The Bertz CT molecular complexity index is 646. The van der Waals surface area contributed by atoms with Crippen LogP contribution in [0.2, 0.25) is 25.7 Å². The second kappa shape index (κ2) is 7.35. The van der Waals surface area contributed by atoms with E-state index in [2.05, 4.69) is 33.5 Å². The zero-order valence-electron chi connectivity index (χ0n) is 16.6. The van der Waals surface area contributed by atoms with E-state index < -0.39 is 18.9 Å². The standard InChI is InChI=1S/C20H32O3SSi/c1-8-23-19(21)18-17(20(18,3)4)16(13-25(5,6)7)24(22)15-11-9-14(2)10-12-15/h9-12,16-18H,8,13H2,1-7H3/t16-,17+,18-,24-/m0/s1. The van der Waals surface area contributed by atoms with Gasteiger partial charge in [-0.25, -0.2) is 0 Å². The van der Waals surface area contributed by atoms with Crippen molar-refractivity contribution in [2.24, 2.45) is 17.3 Å². The van der Waals surface area contributed by atoms with E-state index in [9.17, 15) is 9.00 Å². The number of carbonyl (C=O) groups excluding carboxylic acids is 1. The minimum atomic E-state index is -1.44. The van der Waals surface area contributed by atoms with Gasteiger partial charge in [0.05, 0.1) is 23.3 Å². The van der Waals surface area contributed by atoms with E-state index in [-0.39, 0.29) is 28.5 Å². The first kappa shape index (κ1) is 20.4. The molecule has 140 valence electrons. The van der Waals surface area contributed by atoms with Gasteiger partial charge < -0.3 is 4.74 Å². The van der Waals surface area contributed by atoms with Crippen LogP contribution in [0.15, 0.2) is 29.2 Å². The predicted molar refractivity (Wildman–Crippen MR) is 107 cm³/mol. The van der Waals surface area contributed by atoms with E-state index in [4.69, 9.17) is 4.74 Å². The van der Waals surface area contributed by atoms with E-state index in [0.717, 1.165) is 10.9 Å². The van der Waals surface area contributed by atoms with Crippen molar-refractivity contribution in [2.75, 3.05) is 6.61 Å². The molecule has 1 aliphatic carbocycles. The van der Waals surface area contributed by atoms with Gasteiger partial charge in [-0.05, 0) is 43.4 Å². The first-order chi connectivity index (χ1) is 11.5. The average Bonchev–Trinajstić information content (AvgIpc) is 3.06. The SMILES string of the molecule is CCOC(=O)[C@@H]1[C@@H]([C@H](C[Si](C)(C)C)[S@@](=O)c2ccc(C)cc2)C1(C)C. The predicted octanol–water partition coefficient (Wildman–Crippen LogP) is 4.64. The van der Waals surface area contributed by atoms with E-state index in [1.54, 1.807) is 0 Å². The highest BCUT2D eigenvalue weighted by atomic mass is 32.2. The molecule has 0 bridgehead atoms. The number of aryl methyl sites for hydroxylation is 1. The van der Waals surface area contributed by atoms with Crippen molar-refractivity contribution in [1.82, 2.24) is 0 Å². The van der Waals surface area contributed by atoms with Crippen molar-refractivity contribution >= 4 is 24.8 Å². The van der Waals surface area contributed by atoms with Crippen molar-refractivity contribution in [3.63, 3.8) is 0 Å². The lowest BCUT2D eigenvalue weighted by Crippen LogP contribution is -2.32. The van der Waals surface area contributed by atoms with E-state index in [0.29, 0.717) is 6.61 Å². The molecule has 1 aromatic carbocycles. The second-order valence-electron chi connectivity index (χ2n) is 8.99. The number of esters is 1. The molecule has 1 saturated carbocycles. The molecule has 1 fully saturated rings. The number of hydrogen-bond acceptors (Lipinski definition) is 3. The summed E-state index contributed by atoms with van der Waals surface area (Å²) >= 11 is 0. The highest BCUT2D eigenvalue weighted by Crippen LogP contribution is 2.62. The molecule has 5 heteroatoms. The van der Waals surface area contributed by atoms with Crippen LogP contribution in [0.4, 0.5) is 0 Å². The fourth-order valence-electron chi connectivity index (χ4n) is 3.84. The van der Waals surface area contributed by atoms with Gasteiger partial charge >= 0.3 is 5.97 Å². The Labute approximate surface area is 156 Å². The maximum absolute atomic E-state index is 13.4. The molecule has 0 amide bonds. The summed E-state index contributed by atoms with van der Waals surface area (Å²) in [5.41, 5.74) is 1.02. The molecule has 0 spiro atoms. The zero-order valence-corrected chi connectivity index (χ0v) is 18.4. The Morgan fingerprint density at radius 1 is 1.24 bits per heavy atom. The van der Waals surface area contributed by atoms with E-state index in [1.807, 2.05) is 38.1 Å². The van der Waals surface area contributed by atoms with Crippen LogP contribution in [0.25, 0.3) is 0 Å². The van der Waals surface area contributed by atoms with Crippen molar-refractivity contribution in [1.29, 1.82) is 0 Å². The molecule has 0 saturated heterocycles. The summed E-state index contributed by atoms with van der Waals surface area (Å²) in [6.45, 7) is 15.4. The molecular formula is C20H32O3SSi. The summed E-state index contributed by atoms with van der Waals surface area (Å²) in [4.78, 5) is 13.3. The summed E-state index contributed by atoms with van der Waals surface area (Å²) in [7, 11) is -2.54. The minimum absolute atomic E-state index is 0.0128. The molecule has 0 radical (unpaired) electrons. The highest BCUT2D eigenvalue weighted by molar-refractivity contribution is 7.85. The Morgan fingerprint density at radius 2 is 1.80 bits per heavy atom. The molecule has 4 atom stereocenters. The van der Waals surface area contributed by atoms with Crippen LogP contribution in [0, 0.1) is 24.2 Å². The number of hydrogen-bond donors (Lipinski definition) is 0. The fourth-order valence-corrected chi connectivity index (χ4v) is 8.93. The van der Waals surface area contributed by atoms with Gasteiger partial charge in [-0.15, -0.1) is 0 Å². The van der Waals surface area contributed by atoms with Crippen LogP contribution in [-0.4, -0.2) is 30.1 Å². The number of carbonyl (C=O) groups is 1. The molecule has 0 unspecified atom stereocenters. The molecule has 0 aliphatic heterocycles. The molecule has 25 heavy (non-hydrogen) atoms. The largest absolute Gasteiger partial charge is 0.466 e. The molecule has 0 aromatic heterocycles. The van der Waals surface area contributed by atoms with Crippen molar-refractivity contribution in [2.45, 2.75) is 63.5 Å². The first-order valence-corrected chi connectivity index (χ1v) is 14.0. The van der Waals surface area contributed by atoms with E-state index in [1.165, 1.54) is 5.56 Å². The molecule has 3 nitrogen and oxygen atoms in total. The quantitative estimate of drug-likeness (QED) is 0.511. The van der Waals surface area contributed by atoms with Crippen LogP contribution in [0.1, 0.15) is 26.3 Å². The number of rotatable bonds is 7. The third-order valence-electron chi connectivity index (χ3n) is 5.19. The zero-order chi connectivity index (χ0) is 19.0. The van der Waals surface area contributed by atoms with Crippen LogP contribution in [0.5, 0.6) is 0 Å². The minimum Gasteiger partial charge on any atom is -0.466 e. The van der Waals surface area contributed by atoms with Gasteiger partial charge in [-0.2, -0.15) is 0 Å². The van der Waals surface area contributed by atoms with Crippen LogP contribution in [0.3, 0.4) is 0 Å². The first-order valence-electron chi connectivity index (χ1n) is 9.13. The van der Waals surface area contributed by atoms with Crippen LogP contribution < -0.4 is 0 Å². The summed E-state index contributed by atoms with van der Waals surface area (Å²) < 4.78 is 18.7. The van der Waals surface area contributed by atoms with Crippen LogP contribution >= 0.6 is 0 Å².